The van der Waals surface area contributed by atoms with E-state index in [9.17, 15) is 0 Å². The molecule has 1 aromatic carbocycles. The molecule has 1 nitrogen and oxygen atoms in total. The van der Waals surface area contributed by atoms with Crippen LogP contribution in [0.15, 0.2) is 48.3 Å². The summed E-state index contributed by atoms with van der Waals surface area (Å²) in [6.07, 6.45) is 7.79. The van der Waals surface area contributed by atoms with Gasteiger partial charge in [0.1, 0.15) is 0 Å². The molecule has 1 unspecified atom stereocenters. The highest BCUT2D eigenvalue weighted by Crippen LogP contribution is 2.20. The second-order valence-corrected chi connectivity index (χ2v) is 5.92. The van der Waals surface area contributed by atoms with Crippen LogP contribution in [0.4, 0.5) is 0 Å². The Labute approximate surface area is 130 Å². The average Bonchev–Trinajstić information content (AvgIpc) is 2.50. The molecule has 0 heterocycles. The fourth-order valence-electron chi connectivity index (χ4n) is 2.30. The molecular formula is C20H30O. The summed E-state index contributed by atoms with van der Waals surface area (Å²) < 4.78 is 5.52. The van der Waals surface area contributed by atoms with Crippen LogP contribution in [0, 0.1) is 12.8 Å². The highest BCUT2D eigenvalue weighted by molar-refractivity contribution is 5.24. The smallest absolute Gasteiger partial charge is 0.0961 e. The first-order valence-corrected chi connectivity index (χ1v) is 8.05. The van der Waals surface area contributed by atoms with Crippen LogP contribution in [0.25, 0.3) is 0 Å². The molecule has 0 spiro atoms. The van der Waals surface area contributed by atoms with Crippen LogP contribution >= 0.6 is 0 Å². The van der Waals surface area contributed by atoms with E-state index >= 15 is 0 Å². The Balaban J connectivity index is 2.55. The lowest BCUT2D eigenvalue weighted by Crippen LogP contribution is -1.99. The molecule has 0 aromatic heterocycles. The van der Waals surface area contributed by atoms with Gasteiger partial charge >= 0.3 is 0 Å². The van der Waals surface area contributed by atoms with E-state index in [-0.39, 0.29) is 0 Å². The number of rotatable bonds is 9. The normalized spacial score (nSPS) is 13.0. The molecule has 0 N–H and O–H groups in total. The van der Waals surface area contributed by atoms with Crippen molar-refractivity contribution in [3.05, 3.63) is 59.4 Å². The fraction of sp³-hybridized carbons (Fsp3) is 0.500. The van der Waals surface area contributed by atoms with Gasteiger partial charge in [0.15, 0.2) is 0 Å². The molecule has 1 heteroatoms. The zero-order valence-corrected chi connectivity index (χ0v) is 14.1. The number of hydrogen-bond acceptors (Lipinski definition) is 1. The molecule has 0 amide bonds. The summed E-state index contributed by atoms with van der Waals surface area (Å²) in [7, 11) is 1.75. The summed E-state index contributed by atoms with van der Waals surface area (Å²) in [4.78, 5) is 0. The number of ether oxygens (including phenoxy) is 1. The predicted molar refractivity (Wildman–Crippen MR) is 92.4 cm³/mol. The second-order valence-electron chi connectivity index (χ2n) is 5.92. The zero-order valence-electron chi connectivity index (χ0n) is 14.1. The molecule has 21 heavy (non-hydrogen) atoms. The Bertz CT molecular complexity index is 453. The number of aryl methyl sites for hydroxylation is 2. The molecule has 1 atom stereocenters. The minimum Gasteiger partial charge on any atom is -0.501 e. The molecular weight excluding hydrogens is 256 g/mol. The first-order valence-electron chi connectivity index (χ1n) is 8.05. The van der Waals surface area contributed by atoms with Crippen molar-refractivity contribution in [3.8, 4) is 0 Å². The van der Waals surface area contributed by atoms with Crippen molar-refractivity contribution < 1.29 is 4.74 Å². The topological polar surface area (TPSA) is 9.23 Å². The molecule has 0 bridgehead atoms. The Kier molecular flexibility index (Phi) is 7.89. The van der Waals surface area contributed by atoms with Crippen molar-refractivity contribution >= 4 is 0 Å². The highest BCUT2D eigenvalue weighted by Gasteiger charge is 2.06. The zero-order chi connectivity index (χ0) is 15.7. The summed E-state index contributed by atoms with van der Waals surface area (Å²) in [5, 5.41) is 0. The lowest BCUT2D eigenvalue weighted by Gasteiger charge is -2.13. The maximum Gasteiger partial charge on any atom is 0.0961 e. The maximum absolute atomic E-state index is 5.52. The maximum atomic E-state index is 5.52. The number of benzene rings is 1. The summed E-state index contributed by atoms with van der Waals surface area (Å²) in [6.45, 7) is 10.8. The van der Waals surface area contributed by atoms with E-state index in [2.05, 4.69) is 57.7 Å². The standard InChI is InChI=1S/C20H30O/c1-6-7-8-17(3)18(4)15-20(21-5)14-13-19-11-9-16(2)10-12-19/h9-12,15,17H,4,6-8,13-14H2,1-3,5H3/b20-15-. The average molecular weight is 286 g/mol. The molecule has 0 aliphatic rings. The van der Waals surface area contributed by atoms with Crippen LogP contribution in [0.1, 0.15) is 50.7 Å². The van der Waals surface area contributed by atoms with Crippen LogP contribution in [0.5, 0.6) is 0 Å². The quantitative estimate of drug-likeness (QED) is 0.409. The van der Waals surface area contributed by atoms with Gasteiger partial charge in [-0.1, -0.05) is 63.1 Å². The minimum atomic E-state index is 0.537. The van der Waals surface area contributed by atoms with E-state index in [1.54, 1.807) is 7.11 Å². The van der Waals surface area contributed by atoms with Crippen LogP contribution in [0.3, 0.4) is 0 Å². The molecule has 1 rings (SSSR count). The molecule has 0 fully saturated rings. The van der Waals surface area contributed by atoms with Crippen molar-refractivity contribution in [2.75, 3.05) is 7.11 Å². The summed E-state index contributed by atoms with van der Waals surface area (Å²) in [5.74, 6) is 1.57. The summed E-state index contributed by atoms with van der Waals surface area (Å²) >= 11 is 0. The van der Waals surface area contributed by atoms with E-state index in [0.717, 1.165) is 18.6 Å². The molecule has 116 valence electrons. The number of unbranched alkanes of at least 4 members (excludes halogenated alkanes) is 1. The fourth-order valence-corrected chi connectivity index (χ4v) is 2.30. The van der Waals surface area contributed by atoms with Crippen molar-refractivity contribution in [2.45, 2.75) is 52.9 Å². The van der Waals surface area contributed by atoms with Gasteiger partial charge in [0.25, 0.3) is 0 Å². The predicted octanol–water partition coefficient (Wildman–Crippen LogP) is 5.84. The third-order valence-electron chi connectivity index (χ3n) is 4.01. The molecule has 0 saturated carbocycles. The van der Waals surface area contributed by atoms with Crippen molar-refractivity contribution in [1.82, 2.24) is 0 Å². The van der Waals surface area contributed by atoms with Gasteiger partial charge < -0.3 is 4.74 Å². The summed E-state index contributed by atoms with van der Waals surface area (Å²) in [5.41, 5.74) is 3.84. The lowest BCUT2D eigenvalue weighted by molar-refractivity contribution is 0.276. The number of hydrogen-bond donors (Lipinski definition) is 0. The summed E-state index contributed by atoms with van der Waals surface area (Å²) in [6, 6.07) is 8.72. The van der Waals surface area contributed by atoms with Crippen LogP contribution in [0.2, 0.25) is 0 Å². The molecule has 0 aliphatic heterocycles. The lowest BCUT2D eigenvalue weighted by atomic mass is 9.95. The van der Waals surface area contributed by atoms with Gasteiger partial charge in [0.2, 0.25) is 0 Å². The first kappa shape index (κ1) is 17.6. The molecule has 0 saturated heterocycles. The van der Waals surface area contributed by atoms with E-state index in [0.29, 0.717) is 5.92 Å². The van der Waals surface area contributed by atoms with Gasteiger partial charge in [-0.3, -0.25) is 0 Å². The number of methoxy groups -OCH3 is 1. The van der Waals surface area contributed by atoms with E-state index < -0.39 is 0 Å². The first-order chi connectivity index (χ1) is 10.1. The third kappa shape index (κ3) is 6.66. The SMILES string of the molecule is C=C(/C=C(/CCc1ccc(C)cc1)OC)C(C)CCCC. The molecule has 0 aliphatic carbocycles. The minimum absolute atomic E-state index is 0.537. The largest absolute Gasteiger partial charge is 0.501 e. The van der Waals surface area contributed by atoms with Crippen molar-refractivity contribution in [3.63, 3.8) is 0 Å². The molecule has 0 radical (unpaired) electrons. The monoisotopic (exact) mass is 286 g/mol. The Morgan fingerprint density at radius 1 is 1.29 bits per heavy atom. The van der Waals surface area contributed by atoms with Crippen LogP contribution < -0.4 is 0 Å². The van der Waals surface area contributed by atoms with Crippen molar-refractivity contribution in [1.29, 1.82) is 0 Å². The van der Waals surface area contributed by atoms with Gasteiger partial charge in [-0.25, -0.2) is 0 Å². The van der Waals surface area contributed by atoms with E-state index in [1.165, 1.54) is 36.0 Å². The number of allylic oxidation sites excluding steroid dienone is 3. The van der Waals surface area contributed by atoms with E-state index in [1.807, 2.05) is 0 Å². The van der Waals surface area contributed by atoms with Gasteiger partial charge in [-0.05, 0) is 42.9 Å². The van der Waals surface area contributed by atoms with Crippen molar-refractivity contribution in [2.24, 2.45) is 5.92 Å². The highest BCUT2D eigenvalue weighted by atomic mass is 16.5. The Morgan fingerprint density at radius 3 is 2.52 bits per heavy atom. The van der Waals surface area contributed by atoms with Crippen LogP contribution in [-0.2, 0) is 11.2 Å². The third-order valence-corrected chi connectivity index (χ3v) is 4.01. The van der Waals surface area contributed by atoms with Gasteiger partial charge in [0.05, 0.1) is 12.9 Å². The van der Waals surface area contributed by atoms with Gasteiger partial charge in [0, 0.05) is 6.42 Å². The molecule has 1 aromatic rings. The van der Waals surface area contributed by atoms with Gasteiger partial charge in [-0.2, -0.15) is 0 Å². The Hall–Kier alpha value is -1.50. The van der Waals surface area contributed by atoms with E-state index in [4.69, 9.17) is 4.74 Å². The second kappa shape index (κ2) is 9.44. The van der Waals surface area contributed by atoms with Crippen LogP contribution in [-0.4, -0.2) is 7.11 Å². The van der Waals surface area contributed by atoms with Gasteiger partial charge in [-0.15, -0.1) is 0 Å². The Morgan fingerprint density at radius 2 is 1.95 bits per heavy atom.